The summed E-state index contributed by atoms with van der Waals surface area (Å²) in [5.41, 5.74) is 3.60. The molecule has 3 aromatic carbocycles. The van der Waals surface area contributed by atoms with Crippen molar-refractivity contribution in [1.82, 2.24) is 9.55 Å². The van der Waals surface area contributed by atoms with Gasteiger partial charge in [0.25, 0.3) is 0 Å². The Bertz CT molecular complexity index is 1640. The van der Waals surface area contributed by atoms with Gasteiger partial charge >= 0.3 is 10.1 Å². The molecule has 0 N–H and O–H groups in total. The number of benzene rings is 3. The zero-order valence-electron chi connectivity index (χ0n) is 22.1. The Morgan fingerprint density at radius 3 is 2.34 bits per heavy atom. The first-order valence-electron chi connectivity index (χ1n) is 12.5. The molecule has 4 aromatic rings. The fourth-order valence-electron chi connectivity index (χ4n) is 4.89. The van der Waals surface area contributed by atoms with E-state index in [0.29, 0.717) is 41.3 Å². The number of hydrogen-bond acceptors (Lipinski definition) is 6. The van der Waals surface area contributed by atoms with Crippen LogP contribution < -0.4 is 8.92 Å². The Balaban J connectivity index is 1.49. The molecule has 1 aromatic heterocycles. The standard InChI is InChI=1S/C30H30N2O5S/c1-19-11-13-24(14-12-19)38(34,35)37-26-20(2)21(3)27-25(22(26)4)15-16-30(5,36-27)28(33)29-31-17-18-32(29)23-9-7-6-8-10-23/h6-14,17-18H,15-16H2,1-5H3/t30-/m0/s1. The van der Waals surface area contributed by atoms with E-state index in [9.17, 15) is 13.2 Å². The monoisotopic (exact) mass is 530 g/mol. The third-order valence-corrected chi connectivity index (χ3v) is 8.59. The Morgan fingerprint density at radius 1 is 0.974 bits per heavy atom. The first-order chi connectivity index (χ1) is 18.0. The molecule has 1 aliphatic rings. The molecular weight excluding hydrogens is 500 g/mol. The lowest BCUT2D eigenvalue weighted by atomic mass is 9.85. The molecule has 0 unspecified atom stereocenters. The molecule has 8 heteroatoms. The van der Waals surface area contributed by atoms with Crippen molar-refractivity contribution < 1.29 is 22.1 Å². The fourth-order valence-corrected chi connectivity index (χ4v) is 5.92. The lowest BCUT2D eigenvalue weighted by Crippen LogP contribution is -2.45. The largest absolute Gasteiger partial charge is 0.479 e. The number of aromatic nitrogens is 2. The maximum atomic E-state index is 13.8. The quantitative estimate of drug-likeness (QED) is 0.230. The van der Waals surface area contributed by atoms with Gasteiger partial charge in [-0.2, -0.15) is 8.42 Å². The highest BCUT2D eigenvalue weighted by molar-refractivity contribution is 7.87. The van der Waals surface area contributed by atoms with Crippen LogP contribution in [0.1, 0.15) is 51.8 Å². The summed E-state index contributed by atoms with van der Waals surface area (Å²) >= 11 is 0. The second kappa shape index (κ2) is 9.44. The number of ketones is 1. The van der Waals surface area contributed by atoms with Crippen LogP contribution in [0.15, 0.2) is 71.9 Å². The van der Waals surface area contributed by atoms with Crippen LogP contribution in [0.4, 0.5) is 0 Å². The molecule has 0 saturated carbocycles. The summed E-state index contributed by atoms with van der Waals surface area (Å²) in [4.78, 5) is 18.3. The van der Waals surface area contributed by atoms with Crippen molar-refractivity contribution in [1.29, 1.82) is 0 Å². The zero-order valence-corrected chi connectivity index (χ0v) is 22.9. The van der Waals surface area contributed by atoms with Gasteiger partial charge in [-0.05, 0) is 88.4 Å². The number of carbonyl (C=O) groups is 1. The van der Waals surface area contributed by atoms with Gasteiger partial charge in [0, 0.05) is 23.6 Å². The summed E-state index contributed by atoms with van der Waals surface area (Å²) in [6, 6.07) is 16.1. The van der Waals surface area contributed by atoms with E-state index in [1.54, 1.807) is 48.1 Å². The van der Waals surface area contributed by atoms with Crippen LogP contribution in [-0.2, 0) is 16.5 Å². The Labute approximate surface area is 223 Å². The first kappa shape index (κ1) is 25.7. The zero-order chi connectivity index (χ0) is 27.2. The number of rotatable bonds is 6. The summed E-state index contributed by atoms with van der Waals surface area (Å²) in [6.45, 7) is 9.19. The van der Waals surface area contributed by atoms with Crippen LogP contribution in [0.5, 0.6) is 11.5 Å². The molecule has 2 heterocycles. The van der Waals surface area contributed by atoms with Gasteiger partial charge in [0.1, 0.15) is 16.4 Å². The van der Waals surface area contributed by atoms with Gasteiger partial charge in [-0.3, -0.25) is 9.36 Å². The Morgan fingerprint density at radius 2 is 1.66 bits per heavy atom. The minimum atomic E-state index is -4.02. The number of ether oxygens (including phenoxy) is 1. The normalized spacial score (nSPS) is 17.0. The summed E-state index contributed by atoms with van der Waals surface area (Å²) in [7, 11) is -4.02. The van der Waals surface area contributed by atoms with Gasteiger partial charge in [-0.1, -0.05) is 35.9 Å². The predicted octanol–water partition coefficient (Wildman–Crippen LogP) is 5.84. The van der Waals surface area contributed by atoms with Crippen LogP contribution in [0.25, 0.3) is 5.69 Å². The Kier molecular flexibility index (Phi) is 6.39. The lowest BCUT2D eigenvalue weighted by molar-refractivity contribution is 0.0416. The molecule has 0 spiro atoms. The maximum absolute atomic E-state index is 13.8. The second-order valence-electron chi connectivity index (χ2n) is 9.98. The van der Waals surface area contributed by atoms with Crippen LogP contribution in [-0.4, -0.2) is 29.4 Å². The van der Waals surface area contributed by atoms with Gasteiger partial charge < -0.3 is 8.92 Å². The van der Waals surface area contributed by atoms with Crippen LogP contribution in [0, 0.1) is 27.7 Å². The number of fused-ring (bicyclic) bond motifs is 1. The van der Waals surface area contributed by atoms with Gasteiger partial charge in [0.05, 0.1) is 0 Å². The summed E-state index contributed by atoms with van der Waals surface area (Å²) in [6.07, 6.45) is 4.31. The van der Waals surface area contributed by atoms with E-state index in [1.807, 2.05) is 58.0 Å². The van der Waals surface area contributed by atoms with Gasteiger partial charge in [0.2, 0.25) is 5.78 Å². The molecule has 0 amide bonds. The van der Waals surface area contributed by atoms with Crippen molar-refractivity contribution in [3.8, 4) is 17.2 Å². The SMILES string of the molecule is Cc1ccc(S(=O)(=O)Oc2c(C)c(C)c3c(c2C)CC[C@@](C)(C(=O)c2nccn2-c2ccccc2)O3)cc1. The van der Waals surface area contributed by atoms with E-state index in [0.717, 1.165) is 22.4 Å². The van der Waals surface area contributed by atoms with Crippen LogP contribution >= 0.6 is 0 Å². The highest BCUT2D eigenvalue weighted by Crippen LogP contribution is 2.45. The molecule has 0 fully saturated rings. The molecule has 5 rings (SSSR count). The van der Waals surface area contributed by atoms with Crippen molar-refractivity contribution >= 4 is 15.9 Å². The highest BCUT2D eigenvalue weighted by Gasteiger charge is 2.43. The third kappa shape index (κ3) is 4.39. The highest BCUT2D eigenvalue weighted by atomic mass is 32.2. The first-order valence-corrected chi connectivity index (χ1v) is 13.9. The van der Waals surface area contributed by atoms with Crippen molar-refractivity contribution in [2.45, 2.75) is 58.0 Å². The summed E-state index contributed by atoms with van der Waals surface area (Å²) < 4.78 is 40.0. The van der Waals surface area contributed by atoms with Crippen molar-refractivity contribution in [3.63, 3.8) is 0 Å². The molecule has 7 nitrogen and oxygen atoms in total. The van der Waals surface area contributed by atoms with E-state index in [4.69, 9.17) is 8.92 Å². The molecule has 1 atom stereocenters. The topological polar surface area (TPSA) is 87.5 Å². The van der Waals surface area contributed by atoms with E-state index in [1.165, 1.54) is 0 Å². The number of aryl methyl sites for hydroxylation is 1. The minimum absolute atomic E-state index is 0.0978. The van der Waals surface area contributed by atoms with Gasteiger partial charge in [-0.15, -0.1) is 0 Å². The molecule has 0 bridgehead atoms. The van der Waals surface area contributed by atoms with Crippen LogP contribution in [0.2, 0.25) is 0 Å². The molecule has 196 valence electrons. The smallest absolute Gasteiger partial charge is 0.339 e. The molecular formula is C30H30N2O5S. The average Bonchev–Trinajstić information content (AvgIpc) is 3.40. The van der Waals surface area contributed by atoms with Gasteiger partial charge in [0.15, 0.2) is 11.4 Å². The molecule has 0 aliphatic carbocycles. The average molecular weight is 531 g/mol. The van der Waals surface area contributed by atoms with E-state index in [2.05, 4.69) is 4.98 Å². The summed E-state index contributed by atoms with van der Waals surface area (Å²) in [5, 5.41) is 0. The third-order valence-electron chi connectivity index (χ3n) is 7.35. The van der Waals surface area contributed by atoms with E-state index in [-0.39, 0.29) is 10.7 Å². The molecule has 38 heavy (non-hydrogen) atoms. The number of carbonyl (C=O) groups excluding carboxylic acids is 1. The van der Waals surface area contributed by atoms with Gasteiger partial charge in [-0.25, -0.2) is 4.98 Å². The second-order valence-corrected chi connectivity index (χ2v) is 11.5. The lowest BCUT2D eigenvalue weighted by Gasteiger charge is -2.36. The number of imidazole rings is 1. The van der Waals surface area contributed by atoms with Crippen molar-refractivity contribution in [3.05, 3.63) is 101 Å². The summed E-state index contributed by atoms with van der Waals surface area (Å²) in [5.74, 6) is 0.992. The molecule has 0 radical (unpaired) electrons. The number of para-hydroxylation sites is 1. The number of Topliss-reactive ketones (excluding diaryl/α,β-unsaturated/α-hetero) is 1. The fraction of sp³-hybridized carbons (Fsp3) is 0.267. The van der Waals surface area contributed by atoms with Crippen LogP contribution in [0.3, 0.4) is 0 Å². The number of nitrogens with zero attached hydrogens (tertiary/aromatic N) is 2. The maximum Gasteiger partial charge on any atom is 0.339 e. The minimum Gasteiger partial charge on any atom is -0.479 e. The van der Waals surface area contributed by atoms with E-state index < -0.39 is 15.7 Å². The molecule has 0 saturated heterocycles. The predicted molar refractivity (Wildman–Crippen MR) is 145 cm³/mol. The number of hydrogen-bond donors (Lipinski definition) is 0. The van der Waals surface area contributed by atoms with Crippen molar-refractivity contribution in [2.75, 3.05) is 0 Å². The van der Waals surface area contributed by atoms with E-state index >= 15 is 0 Å². The molecule has 1 aliphatic heterocycles. The Hall–Kier alpha value is -3.91. The van der Waals surface area contributed by atoms with Crippen molar-refractivity contribution in [2.24, 2.45) is 0 Å².